The number of allylic oxidation sites excluding steroid dienone is 6. The second-order valence-electron chi connectivity index (χ2n) is 8.54. The molecule has 2 atom stereocenters. The fraction of sp³-hybridized carbons (Fsp3) is 0.680. The molecule has 0 spiro atoms. The third kappa shape index (κ3) is 13.9. The summed E-state index contributed by atoms with van der Waals surface area (Å²) in [6, 6.07) is 0. The zero-order valence-electron chi connectivity index (χ0n) is 18.0. The fourth-order valence-electron chi connectivity index (χ4n) is 3.05. The third-order valence-electron chi connectivity index (χ3n) is 5.07. The van der Waals surface area contributed by atoms with E-state index in [1.807, 2.05) is 0 Å². The summed E-state index contributed by atoms with van der Waals surface area (Å²) in [7, 11) is 0. The van der Waals surface area contributed by atoms with Crippen molar-refractivity contribution in [2.24, 2.45) is 17.8 Å². The molecule has 0 aliphatic heterocycles. The minimum Gasteiger partial charge on any atom is -0.103 e. The summed E-state index contributed by atoms with van der Waals surface area (Å²) in [5.74, 6) is 2.03. The standard InChI is InChI=1S/C25H44/c1-9-22(6)16-18-25(24(8)15-11-13-21(4)5)19-17-23(7)14-10-12-20(2)3/h9,12,17,21-22,25H,1,8,10-11,13-16,18-19H2,2-7H3/b23-17+. The smallest absolute Gasteiger partial charge is 0.0171 e. The predicted molar refractivity (Wildman–Crippen MR) is 117 cm³/mol. The van der Waals surface area contributed by atoms with Crippen LogP contribution in [0, 0.1) is 17.8 Å². The first-order valence-electron chi connectivity index (χ1n) is 10.3. The highest BCUT2D eigenvalue weighted by molar-refractivity contribution is 5.08. The molecule has 0 aliphatic carbocycles. The number of hydrogen-bond donors (Lipinski definition) is 0. The minimum absolute atomic E-state index is 0.605. The number of hydrogen-bond acceptors (Lipinski definition) is 0. The lowest BCUT2D eigenvalue weighted by Crippen LogP contribution is -2.06. The van der Waals surface area contributed by atoms with Crippen molar-refractivity contribution in [1.29, 1.82) is 0 Å². The van der Waals surface area contributed by atoms with E-state index < -0.39 is 0 Å². The molecule has 0 fully saturated rings. The Morgan fingerprint density at radius 2 is 1.60 bits per heavy atom. The number of rotatable bonds is 14. The van der Waals surface area contributed by atoms with E-state index in [0.29, 0.717) is 11.8 Å². The zero-order chi connectivity index (χ0) is 19.2. The second-order valence-corrected chi connectivity index (χ2v) is 8.54. The Morgan fingerprint density at radius 3 is 2.16 bits per heavy atom. The Labute approximate surface area is 159 Å². The SMILES string of the molecule is C=CC(C)CCC(C/C=C(\C)CCC=C(C)C)C(=C)CCCC(C)C. The van der Waals surface area contributed by atoms with E-state index in [4.69, 9.17) is 0 Å². The molecule has 25 heavy (non-hydrogen) atoms. The van der Waals surface area contributed by atoms with Gasteiger partial charge in [0.2, 0.25) is 0 Å². The summed E-state index contributed by atoms with van der Waals surface area (Å²) in [5.41, 5.74) is 4.40. The lowest BCUT2D eigenvalue weighted by Gasteiger charge is -2.20. The summed E-state index contributed by atoms with van der Waals surface area (Å²) in [5, 5.41) is 0. The third-order valence-corrected chi connectivity index (χ3v) is 5.07. The molecule has 0 N–H and O–H groups in total. The van der Waals surface area contributed by atoms with Crippen LogP contribution in [0.15, 0.2) is 48.1 Å². The van der Waals surface area contributed by atoms with Crippen LogP contribution in [-0.4, -0.2) is 0 Å². The van der Waals surface area contributed by atoms with Gasteiger partial charge in [-0.25, -0.2) is 0 Å². The van der Waals surface area contributed by atoms with Crippen molar-refractivity contribution in [2.45, 2.75) is 92.9 Å². The largest absolute Gasteiger partial charge is 0.103 e. The molecule has 0 nitrogen and oxygen atoms in total. The summed E-state index contributed by atoms with van der Waals surface area (Å²) in [4.78, 5) is 0. The van der Waals surface area contributed by atoms with Crippen molar-refractivity contribution >= 4 is 0 Å². The minimum atomic E-state index is 0.605. The first-order chi connectivity index (χ1) is 11.8. The summed E-state index contributed by atoms with van der Waals surface area (Å²) in [6.07, 6.45) is 16.6. The van der Waals surface area contributed by atoms with Crippen molar-refractivity contribution in [3.63, 3.8) is 0 Å². The molecule has 0 aromatic carbocycles. The van der Waals surface area contributed by atoms with Crippen LogP contribution in [0.1, 0.15) is 92.9 Å². The monoisotopic (exact) mass is 344 g/mol. The molecular weight excluding hydrogens is 300 g/mol. The molecule has 0 heteroatoms. The molecule has 0 amide bonds. The van der Waals surface area contributed by atoms with Crippen LogP contribution < -0.4 is 0 Å². The molecular formula is C25H44. The topological polar surface area (TPSA) is 0 Å². The maximum Gasteiger partial charge on any atom is -0.0171 e. The van der Waals surface area contributed by atoms with Gasteiger partial charge in [-0.3, -0.25) is 0 Å². The van der Waals surface area contributed by atoms with Gasteiger partial charge in [0.25, 0.3) is 0 Å². The molecule has 0 aromatic heterocycles. The van der Waals surface area contributed by atoms with E-state index in [9.17, 15) is 0 Å². The van der Waals surface area contributed by atoms with Gasteiger partial charge in [-0.15, -0.1) is 6.58 Å². The van der Waals surface area contributed by atoms with E-state index in [2.05, 4.69) is 72.9 Å². The Hall–Kier alpha value is -1.04. The molecule has 0 aromatic rings. The molecule has 0 heterocycles. The van der Waals surface area contributed by atoms with Gasteiger partial charge < -0.3 is 0 Å². The maximum atomic E-state index is 4.45. The van der Waals surface area contributed by atoms with Crippen LogP contribution in [-0.2, 0) is 0 Å². The summed E-state index contributed by atoms with van der Waals surface area (Å²) >= 11 is 0. The molecule has 0 bridgehead atoms. The van der Waals surface area contributed by atoms with Crippen molar-refractivity contribution in [1.82, 2.24) is 0 Å². The molecule has 0 rings (SSSR count). The van der Waals surface area contributed by atoms with Gasteiger partial charge in [0.05, 0.1) is 0 Å². The first kappa shape index (κ1) is 24.0. The van der Waals surface area contributed by atoms with Crippen molar-refractivity contribution in [2.75, 3.05) is 0 Å². The molecule has 144 valence electrons. The van der Waals surface area contributed by atoms with Crippen LogP contribution in [0.3, 0.4) is 0 Å². The van der Waals surface area contributed by atoms with E-state index in [-0.39, 0.29) is 0 Å². The highest BCUT2D eigenvalue weighted by Gasteiger charge is 2.13. The predicted octanol–water partition coefficient (Wildman–Crippen LogP) is 8.67. The van der Waals surface area contributed by atoms with E-state index in [1.54, 1.807) is 0 Å². The maximum absolute atomic E-state index is 4.45. The van der Waals surface area contributed by atoms with Crippen molar-refractivity contribution in [3.8, 4) is 0 Å². The van der Waals surface area contributed by atoms with E-state index in [0.717, 1.165) is 18.8 Å². The first-order valence-corrected chi connectivity index (χ1v) is 10.3. The van der Waals surface area contributed by atoms with Crippen molar-refractivity contribution in [3.05, 3.63) is 48.1 Å². The van der Waals surface area contributed by atoms with Crippen LogP contribution in [0.2, 0.25) is 0 Å². The Morgan fingerprint density at radius 1 is 0.920 bits per heavy atom. The van der Waals surface area contributed by atoms with Gasteiger partial charge in [0.1, 0.15) is 0 Å². The van der Waals surface area contributed by atoms with Crippen LogP contribution in [0.4, 0.5) is 0 Å². The zero-order valence-corrected chi connectivity index (χ0v) is 18.0. The molecule has 0 radical (unpaired) electrons. The van der Waals surface area contributed by atoms with E-state index >= 15 is 0 Å². The molecule has 0 saturated carbocycles. The second kappa shape index (κ2) is 14.2. The van der Waals surface area contributed by atoms with Gasteiger partial charge in [0, 0.05) is 0 Å². The highest BCUT2D eigenvalue weighted by atomic mass is 14.2. The Kier molecular flexibility index (Phi) is 13.6. The fourth-order valence-corrected chi connectivity index (χ4v) is 3.05. The average molecular weight is 345 g/mol. The van der Waals surface area contributed by atoms with Crippen LogP contribution in [0.5, 0.6) is 0 Å². The van der Waals surface area contributed by atoms with Crippen LogP contribution in [0.25, 0.3) is 0 Å². The lowest BCUT2D eigenvalue weighted by molar-refractivity contribution is 0.469. The summed E-state index contributed by atoms with van der Waals surface area (Å²) in [6.45, 7) is 21.9. The molecule has 2 unspecified atom stereocenters. The van der Waals surface area contributed by atoms with Gasteiger partial charge in [-0.05, 0) is 83.5 Å². The van der Waals surface area contributed by atoms with Crippen molar-refractivity contribution < 1.29 is 0 Å². The van der Waals surface area contributed by atoms with Gasteiger partial charge in [-0.2, -0.15) is 0 Å². The Bertz CT molecular complexity index is 429. The molecule has 0 aliphatic rings. The normalized spacial score (nSPS) is 14.3. The Balaban J connectivity index is 4.62. The van der Waals surface area contributed by atoms with E-state index in [1.165, 1.54) is 55.2 Å². The van der Waals surface area contributed by atoms with Gasteiger partial charge >= 0.3 is 0 Å². The lowest BCUT2D eigenvalue weighted by atomic mass is 9.85. The summed E-state index contributed by atoms with van der Waals surface area (Å²) < 4.78 is 0. The van der Waals surface area contributed by atoms with Crippen LogP contribution >= 0.6 is 0 Å². The highest BCUT2D eigenvalue weighted by Crippen LogP contribution is 2.28. The van der Waals surface area contributed by atoms with Gasteiger partial charge in [0.15, 0.2) is 0 Å². The average Bonchev–Trinajstić information content (AvgIpc) is 2.53. The quantitative estimate of drug-likeness (QED) is 0.276. The van der Waals surface area contributed by atoms with Gasteiger partial charge in [-0.1, -0.05) is 68.7 Å². The molecule has 0 saturated heterocycles.